The summed E-state index contributed by atoms with van der Waals surface area (Å²) >= 11 is 0. The maximum absolute atomic E-state index is 2.76. The zero-order valence-corrected chi connectivity index (χ0v) is 11.1. The van der Waals surface area contributed by atoms with Crippen LogP contribution in [-0.2, 0) is 0 Å². The third-order valence-corrected chi connectivity index (χ3v) is 4.80. The van der Waals surface area contributed by atoms with Gasteiger partial charge in [-0.05, 0) is 32.7 Å². The second-order valence-corrected chi connectivity index (χ2v) is 5.96. The average molecular weight is 223 g/mol. The van der Waals surface area contributed by atoms with Gasteiger partial charge in [0.2, 0.25) is 0 Å². The van der Waals surface area contributed by atoms with Crippen LogP contribution in [0.2, 0.25) is 0 Å². The first-order valence-corrected chi connectivity index (χ1v) is 7.60. The predicted octanol–water partition coefficient (Wildman–Crippen LogP) is 4.36. The molecule has 16 heavy (non-hydrogen) atoms. The van der Waals surface area contributed by atoms with Crippen molar-refractivity contribution in [3.63, 3.8) is 0 Å². The minimum absolute atomic E-state index is 0.908. The van der Waals surface area contributed by atoms with Gasteiger partial charge in [-0.3, -0.25) is 0 Å². The molecule has 2 aliphatic rings. The molecule has 0 spiro atoms. The molecule has 1 nitrogen and oxygen atoms in total. The highest BCUT2D eigenvalue weighted by molar-refractivity contribution is 4.79. The minimum Gasteiger partial charge on any atom is -0.300 e. The molecular weight excluding hydrogens is 194 g/mol. The van der Waals surface area contributed by atoms with E-state index in [9.17, 15) is 0 Å². The van der Waals surface area contributed by atoms with E-state index in [4.69, 9.17) is 0 Å². The van der Waals surface area contributed by atoms with Crippen molar-refractivity contribution >= 4 is 0 Å². The van der Waals surface area contributed by atoms with Crippen molar-refractivity contribution in [1.82, 2.24) is 4.90 Å². The lowest BCUT2D eigenvalue weighted by Crippen LogP contribution is -2.39. The van der Waals surface area contributed by atoms with Gasteiger partial charge in [0.15, 0.2) is 0 Å². The summed E-state index contributed by atoms with van der Waals surface area (Å²) in [7, 11) is 2.41. The summed E-state index contributed by atoms with van der Waals surface area (Å²) in [4.78, 5) is 2.76. The molecule has 0 heterocycles. The molecule has 2 rings (SSSR count). The Bertz CT molecular complexity index is 154. The van der Waals surface area contributed by atoms with Crippen LogP contribution < -0.4 is 0 Å². The maximum Gasteiger partial charge on any atom is 0.00951 e. The van der Waals surface area contributed by atoms with Crippen LogP contribution in [0.5, 0.6) is 0 Å². The molecule has 1 heteroatoms. The summed E-state index contributed by atoms with van der Waals surface area (Å²) in [6.45, 7) is 0. The van der Waals surface area contributed by atoms with Gasteiger partial charge < -0.3 is 4.90 Å². The van der Waals surface area contributed by atoms with Gasteiger partial charge in [-0.25, -0.2) is 0 Å². The Balaban J connectivity index is 1.85. The fourth-order valence-corrected chi connectivity index (χ4v) is 3.63. The van der Waals surface area contributed by atoms with E-state index in [0.29, 0.717) is 0 Å². The van der Waals surface area contributed by atoms with Gasteiger partial charge in [0.1, 0.15) is 0 Å². The lowest BCUT2D eigenvalue weighted by Gasteiger charge is -2.34. The van der Waals surface area contributed by atoms with E-state index in [2.05, 4.69) is 11.9 Å². The van der Waals surface area contributed by atoms with Crippen LogP contribution in [0.4, 0.5) is 0 Å². The lowest BCUT2D eigenvalue weighted by atomic mass is 10.0. The van der Waals surface area contributed by atoms with E-state index in [1.165, 1.54) is 77.0 Å². The minimum atomic E-state index is 0.908. The molecule has 94 valence electrons. The summed E-state index contributed by atoms with van der Waals surface area (Å²) in [5.74, 6) is 0. The van der Waals surface area contributed by atoms with Crippen molar-refractivity contribution in [2.75, 3.05) is 7.05 Å². The Labute approximate surface area is 102 Å². The van der Waals surface area contributed by atoms with E-state index in [-0.39, 0.29) is 0 Å². The third-order valence-electron chi connectivity index (χ3n) is 4.80. The monoisotopic (exact) mass is 223 g/mol. The first-order chi connectivity index (χ1) is 7.88. The smallest absolute Gasteiger partial charge is 0.00951 e. The first-order valence-electron chi connectivity index (χ1n) is 7.60. The van der Waals surface area contributed by atoms with Gasteiger partial charge in [-0.15, -0.1) is 0 Å². The van der Waals surface area contributed by atoms with Crippen LogP contribution in [0.3, 0.4) is 0 Å². The van der Waals surface area contributed by atoms with Gasteiger partial charge in [0, 0.05) is 12.1 Å². The van der Waals surface area contributed by atoms with E-state index < -0.39 is 0 Å². The van der Waals surface area contributed by atoms with Gasteiger partial charge in [0.25, 0.3) is 0 Å². The second kappa shape index (κ2) is 6.64. The molecule has 2 fully saturated rings. The molecule has 0 aliphatic heterocycles. The third kappa shape index (κ3) is 3.48. The fourth-order valence-electron chi connectivity index (χ4n) is 3.63. The largest absolute Gasteiger partial charge is 0.300 e. The Hall–Kier alpha value is -0.0400. The molecular formula is C15H29N. The van der Waals surface area contributed by atoms with Gasteiger partial charge in [-0.1, -0.05) is 51.4 Å². The summed E-state index contributed by atoms with van der Waals surface area (Å²) in [6.07, 6.45) is 17.7. The zero-order chi connectivity index (χ0) is 11.2. The van der Waals surface area contributed by atoms with Crippen LogP contribution >= 0.6 is 0 Å². The number of hydrogen-bond acceptors (Lipinski definition) is 1. The summed E-state index contributed by atoms with van der Waals surface area (Å²) < 4.78 is 0. The van der Waals surface area contributed by atoms with Crippen molar-refractivity contribution in [1.29, 1.82) is 0 Å². The molecule has 0 aromatic rings. The molecule has 2 saturated carbocycles. The van der Waals surface area contributed by atoms with Crippen LogP contribution in [0.25, 0.3) is 0 Å². The van der Waals surface area contributed by atoms with Crippen molar-refractivity contribution in [2.45, 2.75) is 89.1 Å². The summed E-state index contributed by atoms with van der Waals surface area (Å²) in [6, 6.07) is 1.82. The standard InChI is InChI=1S/C15H29N/c1-16(14-10-6-2-3-7-11-14)15-12-8-4-5-9-13-15/h14-15H,2-13H2,1H3. The molecule has 0 aromatic carbocycles. The Morgan fingerprint density at radius 2 is 0.875 bits per heavy atom. The number of rotatable bonds is 2. The second-order valence-electron chi connectivity index (χ2n) is 5.96. The Kier molecular flexibility index (Phi) is 5.15. The van der Waals surface area contributed by atoms with Gasteiger partial charge in [-0.2, -0.15) is 0 Å². The molecule has 0 saturated heterocycles. The highest BCUT2D eigenvalue weighted by Crippen LogP contribution is 2.27. The summed E-state index contributed by atoms with van der Waals surface area (Å²) in [5, 5.41) is 0. The maximum atomic E-state index is 2.76. The molecule has 0 amide bonds. The molecule has 0 bridgehead atoms. The average Bonchev–Trinajstić information content (AvgIpc) is 2.73. The molecule has 2 aliphatic carbocycles. The number of hydrogen-bond donors (Lipinski definition) is 0. The molecule has 0 atom stereocenters. The van der Waals surface area contributed by atoms with Crippen molar-refractivity contribution in [3.05, 3.63) is 0 Å². The first kappa shape index (κ1) is 12.4. The topological polar surface area (TPSA) is 3.24 Å². The van der Waals surface area contributed by atoms with Crippen molar-refractivity contribution in [3.8, 4) is 0 Å². The van der Waals surface area contributed by atoms with Crippen molar-refractivity contribution < 1.29 is 0 Å². The van der Waals surface area contributed by atoms with E-state index >= 15 is 0 Å². The number of nitrogens with zero attached hydrogens (tertiary/aromatic N) is 1. The van der Waals surface area contributed by atoms with E-state index in [1.54, 1.807) is 0 Å². The van der Waals surface area contributed by atoms with Crippen LogP contribution in [-0.4, -0.2) is 24.0 Å². The van der Waals surface area contributed by atoms with Crippen LogP contribution in [0.1, 0.15) is 77.0 Å². The van der Waals surface area contributed by atoms with Crippen LogP contribution in [0.15, 0.2) is 0 Å². The van der Waals surface area contributed by atoms with Gasteiger partial charge in [0.05, 0.1) is 0 Å². The normalized spacial score (nSPS) is 26.6. The molecule has 0 radical (unpaired) electrons. The quantitative estimate of drug-likeness (QED) is 0.629. The lowest BCUT2D eigenvalue weighted by molar-refractivity contribution is 0.144. The predicted molar refractivity (Wildman–Crippen MR) is 70.7 cm³/mol. The van der Waals surface area contributed by atoms with E-state index in [1.807, 2.05) is 0 Å². The fraction of sp³-hybridized carbons (Fsp3) is 1.00. The molecule has 0 unspecified atom stereocenters. The Morgan fingerprint density at radius 3 is 1.19 bits per heavy atom. The molecule has 0 N–H and O–H groups in total. The summed E-state index contributed by atoms with van der Waals surface area (Å²) in [5.41, 5.74) is 0. The highest BCUT2D eigenvalue weighted by atomic mass is 15.2. The van der Waals surface area contributed by atoms with Crippen molar-refractivity contribution in [2.24, 2.45) is 0 Å². The SMILES string of the molecule is CN(C1CCCCCC1)C1CCCCCC1. The highest BCUT2D eigenvalue weighted by Gasteiger charge is 2.24. The Morgan fingerprint density at radius 1 is 0.562 bits per heavy atom. The zero-order valence-electron chi connectivity index (χ0n) is 11.1. The van der Waals surface area contributed by atoms with Gasteiger partial charge >= 0.3 is 0 Å². The molecule has 0 aromatic heterocycles. The van der Waals surface area contributed by atoms with E-state index in [0.717, 1.165) is 12.1 Å². The van der Waals surface area contributed by atoms with Crippen LogP contribution in [0, 0.1) is 0 Å².